The van der Waals surface area contributed by atoms with Crippen molar-refractivity contribution in [2.45, 2.75) is 6.42 Å². The first-order valence-corrected chi connectivity index (χ1v) is 9.98. The minimum Gasteiger partial charge on any atom is -0.382 e. The number of rotatable bonds is 6. The summed E-state index contributed by atoms with van der Waals surface area (Å²) >= 11 is 0. The Kier molecular flexibility index (Phi) is 4.53. The molecule has 0 spiro atoms. The first-order chi connectivity index (χ1) is 9.75. The first kappa shape index (κ1) is 15.8. The molecule has 21 heavy (non-hydrogen) atoms. The lowest BCUT2D eigenvalue weighted by atomic mass is 10.1. The van der Waals surface area contributed by atoms with Crippen molar-refractivity contribution in [3.63, 3.8) is 0 Å². The molecule has 0 fully saturated rings. The molecular weight excluding hydrogens is 312 g/mol. The van der Waals surface area contributed by atoms with Crippen molar-refractivity contribution in [2.24, 2.45) is 0 Å². The molecule has 0 saturated carbocycles. The highest BCUT2D eigenvalue weighted by Crippen LogP contribution is 2.21. The standard InChI is InChI=1S/C14H16O5S2/c1-20(15,16)9-4-10-21(17,18)19-14-8-7-12-5-2-3-6-13(12)11-14/h2-3,5-8,11H,4,9-10H2,1H3. The van der Waals surface area contributed by atoms with Gasteiger partial charge in [0.25, 0.3) is 0 Å². The zero-order chi connectivity index (χ0) is 15.5. The molecule has 0 amide bonds. The van der Waals surface area contributed by atoms with E-state index >= 15 is 0 Å². The molecule has 0 unspecified atom stereocenters. The lowest BCUT2D eigenvalue weighted by molar-refractivity contribution is 0.485. The zero-order valence-corrected chi connectivity index (χ0v) is 13.2. The van der Waals surface area contributed by atoms with Gasteiger partial charge in [0.2, 0.25) is 0 Å². The summed E-state index contributed by atoms with van der Waals surface area (Å²) in [5.74, 6) is -0.270. The van der Waals surface area contributed by atoms with Crippen molar-refractivity contribution in [1.82, 2.24) is 0 Å². The van der Waals surface area contributed by atoms with Gasteiger partial charge >= 0.3 is 10.1 Å². The lowest BCUT2D eigenvalue weighted by Crippen LogP contribution is -2.16. The van der Waals surface area contributed by atoms with Gasteiger partial charge in [0.15, 0.2) is 0 Å². The van der Waals surface area contributed by atoms with Crippen molar-refractivity contribution < 1.29 is 21.0 Å². The number of fused-ring (bicyclic) bond motifs is 1. The minimum absolute atomic E-state index is 0.0226. The van der Waals surface area contributed by atoms with Crippen LogP contribution in [-0.2, 0) is 20.0 Å². The molecule has 2 aromatic rings. The largest absolute Gasteiger partial charge is 0.382 e. The molecule has 0 N–H and O–H groups in total. The van der Waals surface area contributed by atoms with Crippen molar-refractivity contribution in [3.05, 3.63) is 42.5 Å². The summed E-state index contributed by atoms with van der Waals surface area (Å²) in [7, 11) is -6.96. The van der Waals surface area contributed by atoms with Gasteiger partial charge in [-0.15, -0.1) is 0 Å². The zero-order valence-electron chi connectivity index (χ0n) is 11.5. The van der Waals surface area contributed by atoms with Gasteiger partial charge in [-0.05, 0) is 29.3 Å². The third-order valence-electron chi connectivity index (χ3n) is 2.85. The van der Waals surface area contributed by atoms with Gasteiger partial charge < -0.3 is 4.18 Å². The van der Waals surface area contributed by atoms with E-state index in [4.69, 9.17) is 4.18 Å². The smallest absolute Gasteiger partial charge is 0.309 e. The Morgan fingerprint density at radius 3 is 2.24 bits per heavy atom. The Labute approximate surface area is 124 Å². The molecule has 0 saturated heterocycles. The molecule has 0 aromatic heterocycles. The van der Waals surface area contributed by atoms with Gasteiger partial charge in [-0.25, -0.2) is 8.42 Å². The van der Waals surface area contributed by atoms with E-state index in [1.807, 2.05) is 24.3 Å². The van der Waals surface area contributed by atoms with Crippen LogP contribution in [0.25, 0.3) is 10.8 Å². The fraction of sp³-hybridized carbons (Fsp3) is 0.286. The average Bonchev–Trinajstić information content (AvgIpc) is 2.36. The quantitative estimate of drug-likeness (QED) is 0.758. The highest BCUT2D eigenvalue weighted by atomic mass is 32.2. The normalized spacial score (nSPS) is 12.4. The average molecular weight is 328 g/mol. The van der Waals surface area contributed by atoms with Crippen LogP contribution >= 0.6 is 0 Å². The van der Waals surface area contributed by atoms with Crippen molar-refractivity contribution in [2.75, 3.05) is 17.8 Å². The molecule has 0 heterocycles. The third-order valence-corrected chi connectivity index (χ3v) is 5.12. The summed E-state index contributed by atoms with van der Waals surface area (Å²) in [6, 6.07) is 12.5. The van der Waals surface area contributed by atoms with Gasteiger partial charge in [-0.2, -0.15) is 8.42 Å². The molecule has 0 aliphatic rings. The summed E-state index contributed by atoms with van der Waals surface area (Å²) in [5.41, 5.74) is 0. The highest BCUT2D eigenvalue weighted by Gasteiger charge is 2.14. The minimum atomic E-state index is -3.79. The van der Waals surface area contributed by atoms with Crippen molar-refractivity contribution in [1.29, 1.82) is 0 Å². The van der Waals surface area contributed by atoms with Crippen LogP contribution in [0.15, 0.2) is 42.5 Å². The molecule has 0 atom stereocenters. The van der Waals surface area contributed by atoms with E-state index in [0.29, 0.717) is 0 Å². The number of sulfone groups is 1. The summed E-state index contributed by atoms with van der Waals surface area (Å²) in [6.45, 7) is 0. The first-order valence-electron chi connectivity index (χ1n) is 6.34. The molecule has 114 valence electrons. The van der Waals surface area contributed by atoms with Crippen LogP contribution < -0.4 is 4.18 Å². The molecule has 7 heteroatoms. The topological polar surface area (TPSA) is 77.5 Å². The maximum absolute atomic E-state index is 11.8. The molecular formula is C14H16O5S2. The number of benzene rings is 2. The van der Waals surface area contributed by atoms with Crippen LogP contribution in [0.4, 0.5) is 0 Å². The SMILES string of the molecule is CS(=O)(=O)CCCS(=O)(=O)Oc1ccc2ccccc2c1. The van der Waals surface area contributed by atoms with E-state index in [0.717, 1.165) is 17.0 Å². The van der Waals surface area contributed by atoms with E-state index in [-0.39, 0.29) is 23.7 Å². The molecule has 0 bridgehead atoms. The van der Waals surface area contributed by atoms with Gasteiger partial charge in [-0.1, -0.05) is 30.3 Å². The molecule has 0 radical (unpaired) electrons. The second-order valence-electron chi connectivity index (χ2n) is 4.84. The molecule has 2 aromatic carbocycles. The van der Waals surface area contributed by atoms with E-state index in [1.165, 1.54) is 0 Å². The molecule has 2 rings (SSSR count). The van der Waals surface area contributed by atoms with E-state index < -0.39 is 20.0 Å². The summed E-state index contributed by atoms with van der Waals surface area (Å²) in [5, 5.41) is 1.86. The Morgan fingerprint density at radius 2 is 1.57 bits per heavy atom. The van der Waals surface area contributed by atoms with Crippen LogP contribution in [0.3, 0.4) is 0 Å². The van der Waals surface area contributed by atoms with Gasteiger partial charge in [0, 0.05) is 6.26 Å². The third kappa shape index (κ3) is 5.02. The summed E-state index contributed by atoms with van der Waals surface area (Å²) in [4.78, 5) is 0. The summed E-state index contributed by atoms with van der Waals surface area (Å²) < 4.78 is 50.6. The number of hydrogen-bond donors (Lipinski definition) is 0. The van der Waals surface area contributed by atoms with Crippen LogP contribution in [0.1, 0.15) is 6.42 Å². The molecule has 0 aliphatic carbocycles. The van der Waals surface area contributed by atoms with Gasteiger partial charge in [-0.3, -0.25) is 0 Å². The Balaban J connectivity index is 2.07. The van der Waals surface area contributed by atoms with Crippen LogP contribution in [0, 0.1) is 0 Å². The molecule has 0 aliphatic heterocycles. The van der Waals surface area contributed by atoms with Crippen molar-refractivity contribution in [3.8, 4) is 5.75 Å². The van der Waals surface area contributed by atoms with Crippen LogP contribution in [0.5, 0.6) is 5.75 Å². The van der Waals surface area contributed by atoms with Crippen LogP contribution in [-0.4, -0.2) is 34.6 Å². The summed E-state index contributed by atoms with van der Waals surface area (Å²) in [6.07, 6.45) is 1.10. The van der Waals surface area contributed by atoms with E-state index in [2.05, 4.69) is 0 Å². The van der Waals surface area contributed by atoms with Gasteiger partial charge in [0.05, 0.1) is 11.5 Å². The second kappa shape index (κ2) is 6.03. The Bertz CT molecular complexity index is 839. The number of hydrogen-bond acceptors (Lipinski definition) is 5. The fourth-order valence-electron chi connectivity index (χ4n) is 1.91. The predicted octanol–water partition coefficient (Wildman–Crippen LogP) is 1.98. The monoisotopic (exact) mass is 328 g/mol. The van der Waals surface area contributed by atoms with Gasteiger partial charge in [0.1, 0.15) is 15.6 Å². The predicted molar refractivity (Wildman–Crippen MR) is 82.7 cm³/mol. The Hall–Kier alpha value is -1.60. The van der Waals surface area contributed by atoms with Crippen molar-refractivity contribution >= 4 is 30.7 Å². The van der Waals surface area contributed by atoms with Crippen LogP contribution in [0.2, 0.25) is 0 Å². The molecule has 5 nitrogen and oxygen atoms in total. The second-order valence-corrected chi connectivity index (χ2v) is 8.79. The highest BCUT2D eigenvalue weighted by molar-refractivity contribution is 7.90. The maximum Gasteiger partial charge on any atom is 0.309 e. The lowest BCUT2D eigenvalue weighted by Gasteiger charge is -2.07. The van der Waals surface area contributed by atoms with E-state index in [9.17, 15) is 16.8 Å². The maximum atomic E-state index is 11.8. The van der Waals surface area contributed by atoms with E-state index in [1.54, 1.807) is 18.2 Å². The Morgan fingerprint density at radius 1 is 0.905 bits per heavy atom. The fourth-order valence-corrected chi connectivity index (χ4v) is 3.73.